The van der Waals surface area contributed by atoms with Crippen LogP contribution < -0.4 is 10.4 Å². The van der Waals surface area contributed by atoms with Crippen molar-refractivity contribution in [3.05, 3.63) is 64.5 Å². The molecule has 154 valence electrons. The monoisotopic (exact) mass is 399 g/mol. The number of fused-ring (bicyclic) bond motifs is 2. The van der Waals surface area contributed by atoms with Crippen molar-refractivity contribution in [2.45, 2.75) is 38.5 Å². The number of aliphatic hydroxyl groups excluding tert-OH is 1. The molecule has 2 aromatic carbocycles. The van der Waals surface area contributed by atoms with Crippen LogP contribution in [0.3, 0.4) is 0 Å². The molecule has 0 saturated heterocycles. The van der Waals surface area contributed by atoms with E-state index in [9.17, 15) is 14.3 Å². The van der Waals surface area contributed by atoms with Gasteiger partial charge in [0.25, 0.3) is 0 Å². The molecule has 6 nitrogen and oxygen atoms in total. The number of benzene rings is 2. The second-order valence-corrected chi connectivity index (χ2v) is 7.73. The maximum atomic E-state index is 14.7. The van der Waals surface area contributed by atoms with Crippen LogP contribution in [0.15, 0.2) is 36.4 Å². The van der Waals surface area contributed by atoms with E-state index >= 15 is 0 Å². The van der Waals surface area contributed by atoms with Crippen molar-refractivity contribution in [3.63, 3.8) is 0 Å². The van der Waals surface area contributed by atoms with E-state index in [1.54, 1.807) is 11.5 Å². The lowest BCUT2D eigenvalue weighted by atomic mass is 9.99. The number of para-hydroxylation sites is 1. The minimum Gasteiger partial charge on any atom is -0.372 e. The molecule has 0 aromatic heterocycles. The molecule has 2 aromatic rings. The third-order valence-electron chi connectivity index (χ3n) is 5.88. The molecule has 0 bridgehead atoms. The number of hydrogen-bond donors (Lipinski definition) is 3. The molecule has 4 rings (SSSR count). The van der Waals surface area contributed by atoms with Gasteiger partial charge in [0.15, 0.2) is 6.23 Å². The van der Waals surface area contributed by atoms with Gasteiger partial charge in [-0.15, -0.1) is 0 Å². The third-order valence-corrected chi connectivity index (χ3v) is 5.88. The Morgan fingerprint density at radius 1 is 1.17 bits per heavy atom. The molecule has 7 heteroatoms. The maximum absolute atomic E-state index is 14.7. The number of anilines is 1. The molecular formula is C22H26FN3O3. The van der Waals surface area contributed by atoms with E-state index in [1.807, 2.05) is 23.1 Å². The predicted molar refractivity (Wildman–Crippen MR) is 107 cm³/mol. The Morgan fingerprint density at radius 3 is 2.83 bits per heavy atom. The van der Waals surface area contributed by atoms with Gasteiger partial charge in [0.1, 0.15) is 5.82 Å². The molecular weight excluding hydrogens is 373 g/mol. The van der Waals surface area contributed by atoms with E-state index in [4.69, 9.17) is 5.21 Å². The minimum atomic E-state index is -1.31. The fourth-order valence-corrected chi connectivity index (χ4v) is 4.32. The van der Waals surface area contributed by atoms with Crippen LogP contribution in [0.25, 0.3) is 0 Å². The number of hydrogen-bond acceptors (Lipinski definition) is 5. The summed E-state index contributed by atoms with van der Waals surface area (Å²) in [6, 6.07) is 11.0. The van der Waals surface area contributed by atoms with Gasteiger partial charge in [-0.2, -0.15) is 5.48 Å². The first-order valence-corrected chi connectivity index (χ1v) is 10.1. The number of rotatable bonds is 5. The Hall–Kier alpha value is -2.32. The maximum Gasteiger partial charge on any atom is 0.228 e. The van der Waals surface area contributed by atoms with E-state index < -0.39 is 12.0 Å². The van der Waals surface area contributed by atoms with Crippen molar-refractivity contribution >= 4 is 11.6 Å². The van der Waals surface area contributed by atoms with Crippen molar-refractivity contribution in [3.8, 4) is 0 Å². The Balaban J connectivity index is 1.42. The first kappa shape index (κ1) is 20.0. The summed E-state index contributed by atoms with van der Waals surface area (Å²) in [4.78, 5) is 16.7. The number of aryl methyl sites for hydroxylation is 1. The molecule has 2 aliphatic rings. The number of hydroxylamine groups is 1. The van der Waals surface area contributed by atoms with E-state index in [2.05, 4.69) is 11.0 Å². The highest BCUT2D eigenvalue weighted by Gasteiger charge is 2.25. The topological polar surface area (TPSA) is 76.0 Å². The smallest absolute Gasteiger partial charge is 0.228 e. The van der Waals surface area contributed by atoms with Gasteiger partial charge in [0.2, 0.25) is 5.91 Å². The molecule has 0 aliphatic carbocycles. The van der Waals surface area contributed by atoms with Crippen LogP contribution in [0.1, 0.15) is 41.3 Å². The Bertz CT molecular complexity index is 905. The summed E-state index contributed by atoms with van der Waals surface area (Å²) in [5, 5.41) is 18.6. The van der Waals surface area contributed by atoms with Crippen LogP contribution in [0, 0.1) is 5.82 Å². The van der Waals surface area contributed by atoms with Gasteiger partial charge in [-0.1, -0.05) is 24.3 Å². The number of nitrogens with one attached hydrogen (secondary N) is 1. The molecule has 2 aliphatic heterocycles. The molecule has 0 saturated carbocycles. The summed E-state index contributed by atoms with van der Waals surface area (Å²) >= 11 is 0. The van der Waals surface area contributed by atoms with Crippen molar-refractivity contribution < 1.29 is 19.5 Å². The number of nitrogens with zero attached hydrogens (tertiary/aromatic N) is 2. The number of halogens is 1. The molecule has 0 spiro atoms. The zero-order valence-corrected chi connectivity index (χ0v) is 16.3. The van der Waals surface area contributed by atoms with E-state index in [0.29, 0.717) is 37.1 Å². The second-order valence-electron chi connectivity index (χ2n) is 7.73. The Kier molecular flexibility index (Phi) is 5.91. The average molecular weight is 399 g/mol. The largest absolute Gasteiger partial charge is 0.372 e. The van der Waals surface area contributed by atoms with Crippen molar-refractivity contribution in [1.82, 2.24) is 10.4 Å². The summed E-state index contributed by atoms with van der Waals surface area (Å²) < 4.78 is 14.7. The van der Waals surface area contributed by atoms with E-state index in [1.165, 1.54) is 11.6 Å². The third kappa shape index (κ3) is 4.18. The lowest BCUT2D eigenvalue weighted by molar-refractivity contribution is -0.118. The van der Waals surface area contributed by atoms with Gasteiger partial charge < -0.3 is 15.2 Å². The van der Waals surface area contributed by atoms with Gasteiger partial charge in [-0.05, 0) is 49.1 Å². The summed E-state index contributed by atoms with van der Waals surface area (Å²) in [5.41, 5.74) is 5.72. The minimum absolute atomic E-state index is 0.104. The fourth-order valence-electron chi connectivity index (χ4n) is 4.32. The van der Waals surface area contributed by atoms with Gasteiger partial charge in [0.05, 0.1) is 0 Å². The van der Waals surface area contributed by atoms with Crippen LogP contribution >= 0.6 is 0 Å². The number of aliphatic hydroxyl groups is 1. The lowest BCUT2D eigenvalue weighted by Gasteiger charge is -2.23. The van der Waals surface area contributed by atoms with Gasteiger partial charge in [0, 0.05) is 42.9 Å². The van der Waals surface area contributed by atoms with Crippen LogP contribution in [-0.2, 0) is 24.2 Å². The number of amides is 1. The Labute approximate surface area is 169 Å². The second kappa shape index (κ2) is 8.59. The van der Waals surface area contributed by atoms with Gasteiger partial charge in [-0.3, -0.25) is 9.69 Å². The van der Waals surface area contributed by atoms with Crippen molar-refractivity contribution in [1.29, 1.82) is 0 Å². The molecule has 0 fully saturated rings. The van der Waals surface area contributed by atoms with Crippen molar-refractivity contribution in [2.24, 2.45) is 0 Å². The van der Waals surface area contributed by atoms with Gasteiger partial charge in [-0.25, -0.2) is 4.39 Å². The fraction of sp³-hybridized carbons (Fsp3) is 0.409. The molecule has 1 amide bonds. The molecule has 0 radical (unpaired) electrons. The zero-order valence-electron chi connectivity index (χ0n) is 16.3. The van der Waals surface area contributed by atoms with Gasteiger partial charge >= 0.3 is 0 Å². The molecule has 2 heterocycles. The van der Waals surface area contributed by atoms with Crippen LogP contribution in [0.4, 0.5) is 10.1 Å². The normalized spacial score (nSPS) is 17.6. The highest BCUT2D eigenvalue weighted by atomic mass is 19.1. The predicted octanol–water partition coefficient (Wildman–Crippen LogP) is 2.52. The Morgan fingerprint density at radius 2 is 2.00 bits per heavy atom. The summed E-state index contributed by atoms with van der Waals surface area (Å²) in [5.74, 6) is -0.286. The number of carbonyl (C=O) groups excluding carboxylic acids is 1. The van der Waals surface area contributed by atoms with Crippen LogP contribution in [0.5, 0.6) is 0 Å². The first-order valence-electron chi connectivity index (χ1n) is 10.1. The summed E-state index contributed by atoms with van der Waals surface area (Å²) in [7, 11) is 0. The highest BCUT2D eigenvalue weighted by molar-refractivity contribution is 5.95. The van der Waals surface area contributed by atoms with Crippen molar-refractivity contribution in [2.75, 3.05) is 24.5 Å². The standard InChI is InChI=1S/C22H26FN3O3/c23-19-13-17(22(28)24-29)12-16-5-3-9-25(14-18(16)19)10-8-21(27)26-11-7-15-4-1-2-6-20(15)26/h1-2,4,6,12-13,22,24,28-29H,3,5,7-11,14H2. The van der Waals surface area contributed by atoms with Crippen LogP contribution in [0.2, 0.25) is 0 Å². The van der Waals surface area contributed by atoms with E-state index in [-0.39, 0.29) is 5.91 Å². The summed E-state index contributed by atoms with van der Waals surface area (Å²) in [6.45, 7) is 2.53. The molecule has 1 atom stereocenters. The van der Waals surface area contributed by atoms with E-state index in [0.717, 1.165) is 37.2 Å². The molecule has 3 N–H and O–H groups in total. The number of carbonyl (C=O) groups is 1. The quantitative estimate of drug-likeness (QED) is 0.532. The molecule has 29 heavy (non-hydrogen) atoms. The summed E-state index contributed by atoms with van der Waals surface area (Å²) in [6.07, 6.45) is 1.52. The first-order chi connectivity index (χ1) is 14.1. The van der Waals surface area contributed by atoms with Crippen LogP contribution in [-0.4, -0.2) is 40.8 Å². The molecule has 1 unspecified atom stereocenters. The average Bonchev–Trinajstić information content (AvgIpc) is 3.05. The SMILES string of the molecule is O=C(CCN1CCCc2cc(C(O)NO)cc(F)c2C1)N1CCc2ccccc21. The zero-order chi connectivity index (χ0) is 20.4. The lowest BCUT2D eigenvalue weighted by Crippen LogP contribution is -2.33. The highest BCUT2D eigenvalue weighted by Crippen LogP contribution is 2.29.